The van der Waals surface area contributed by atoms with Crippen molar-refractivity contribution >= 4 is 17.7 Å². The van der Waals surface area contributed by atoms with E-state index in [1.807, 2.05) is 13.8 Å². The first-order valence-corrected chi connectivity index (χ1v) is 5.57. The zero-order valence-electron chi connectivity index (χ0n) is 8.77. The molecule has 0 bridgehead atoms. The lowest BCUT2D eigenvalue weighted by Crippen LogP contribution is -2.56. The molecule has 0 fully saturated rings. The molecule has 0 spiro atoms. The van der Waals surface area contributed by atoms with Gasteiger partial charge in [-0.1, -0.05) is 25.6 Å². The summed E-state index contributed by atoms with van der Waals surface area (Å²) < 4.78 is 5.33. The second kappa shape index (κ2) is 5.13. The van der Waals surface area contributed by atoms with Gasteiger partial charge in [-0.3, -0.25) is 4.79 Å². The molecule has 15 heavy (non-hydrogen) atoms. The van der Waals surface area contributed by atoms with Gasteiger partial charge in [0.15, 0.2) is 6.04 Å². The van der Waals surface area contributed by atoms with Crippen molar-refractivity contribution in [3.05, 3.63) is 5.89 Å². The minimum absolute atomic E-state index is 0.0274. The molecule has 0 aliphatic rings. The summed E-state index contributed by atoms with van der Waals surface area (Å²) in [5, 5.41) is 8.01. The Morgan fingerprint density at radius 1 is 1.60 bits per heavy atom. The van der Waals surface area contributed by atoms with Gasteiger partial charge in [0, 0.05) is 5.92 Å². The second-order valence-corrected chi connectivity index (χ2v) is 4.44. The minimum atomic E-state index is -0.408. The van der Waals surface area contributed by atoms with Crippen LogP contribution < -0.4 is 11.5 Å². The van der Waals surface area contributed by atoms with Crippen molar-refractivity contribution in [3.63, 3.8) is 0 Å². The maximum Gasteiger partial charge on any atom is 0.277 e. The van der Waals surface area contributed by atoms with E-state index in [1.165, 1.54) is 0 Å². The van der Waals surface area contributed by atoms with Crippen LogP contribution in [0.25, 0.3) is 0 Å². The fourth-order valence-corrected chi connectivity index (χ4v) is 1.36. The fourth-order valence-electron chi connectivity index (χ4n) is 0.847. The number of carbonyl (C=O) groups is 1. The van der Waals surface area contributed by atoms with E-state index >= 15 is 0 Å². The number of rotatable bonds is 5. The van der Waals surface area contributed by atoms with Crippen molar-refractivity contribution in [1.82, 2.24) is 10.2 Å². The molecule has 1 amide bonds. The van der Waals surface area contributed by atoms with Gasteiger partial charge in [0.25, 0.3) is 11.1 Å². The Balaban J connectivity index is 2.60. The Hall–Kier alpha value is -1.08. The summed E-state index contributed by atoms with van der Waals surface area (Å²) >= 11 is 1.14. The molecular weight excluding hydrogens is 216 g/mol. The summed E-state index contributed by atoms with van der Waals surface area (Å²) in [5.41, 5.74) is 8.91. The zero-order chi connectivity index (χ0) is 11.4. The molecule has 1 rings (SSSR count). The Labute approximate surface area is 91.8 Å². The molecule has 1 heterocycles. The van der Waals surface area contributed by atoms with Crippen molar-refractivity contribution in [3.8, 4) is 0 Å². The van der Waals surface area contributed by atoms with E-state index in [4.69, 9.17) is 10.2 Å². The van der Waals surface area contributed by atoms with Gasteiger partial charge >= 0.3 is 0 Å². The lowest BCUT2D eigenvalue weighted by Gasteiger charge is -2.05. The number of hydrogen-bond acceptors (Lipinski definition) is 5. The average Bonchev–Trinajstić information content (AvgIpc) is 2.61. The van der Waals surface area contributed by atoms with Crippen LogP contribution >= 0.6 is 11.8 Å². The highest BCUT2D eigenvalue weighted by Crippen LogP contribution is 2.20. The first-order chi connectivity index (χ1) is 7.00. The molecule has 5 N–H and O–H groups in total. The first kappa shape index (κ1) is 12.0. The molecule has 1 atom stereocenters. The van der Waals surface area contributed by atoms with Crippen molar-refractivity contribution in [2.24, 2.45) is 11.7 Å². The summed E-state index contributed by atoms with van der Waals surface area (Å²) in [6.07, 6.45) is 0. The van der Waals surface area contributed by atoms with Crippen molar-refractivity contribution in [1.29, 1.82) is 0 Å². The van der Waals surface area contributed by atoms with Gasteiger partial charge in [0.1, 0.15) is 0 Å². The van der Waals surface area contributed by atoms with Crippen LogP contribution in [0.3, 0.4) is 0 Å². The molecule has 7 heteroatoms. The summed E-state index contributed by atoms with van der Waals surface area (Å²) in [6.45, 7) is 4.05. The molecule has 1 aromatic rings. The molecule has 0 aliphatic carbocycles. The summed E-state index contributed by atoms with van der Waals surface area (Å²) in [5.74, 6) is 0.566. The van der Waals surface area contributed by atoms with Crippen LogP contribution in [0.15, 0.2) is 9.64 Å². The monoisotopic (exact) mass is 231 g/mol. The van der Waals surface area contributed by atoms with Gasteiger partial charge in [0.2, 0.25) is 5.91 Å². The Morgan fingerprint density at radius 2 is 2.27 bits per heavy atom. The van der Waals surface area contributed by atoms with E-state index in [1.54, 1.807) is 0 Å². The first-order valence-electron chi connectivity index (χ1n) is 4.58. The van der Waals surface area contributed by atoms with Crippen LogP contribution in [0, 0.1) is 5.92 Å². The Kier molecular flexibility index (Phi) is 4.10. The lowest BCUT2D eigenvalue weighted by molar-refractivity contribution is -0.443. The number of nitrogens with zero attached hydrogens (tertiary/aromatic N) is 2. The van der Waals surface area contributed by atoms with Crippen LogP contribution in [0.1, 0.15) is 25.8 Å². The number of amides is 1. The Morgan fingerprint density at radius 3 is 2.80 bits per heavy atom. The number of aromatic nitrogens is 2. The van der Waals surface area contributed by atoms with Crippen molar-refractivity contribution in [2.75, 3.05) is 5.75 Å². The molecular formula is C8H15N4O2S+. The largest absolute Gasteiger partial charge is 0.410 e. The highest BCUT2D eigenvalue weighted by Gasteiger charge is 2.21. The maximum absolute atomic E-state index is 10.5. The van der Waals surface area contributed by atoms with Crippen LogP contribution in [0.2, 0.25) is 0 Å². The normalized spacial score (nSPS) is 13.1. The molecule has 0 saturated carbocycles. The fraction of sp³-hybridized carbons (Fsp3) is 0.625. The van der Waals surface area contributed by atoms with Gasteiger partial charge in [-0.15, -0.1) is 10.2 Å². The third-order valence-corrected chi connectivity index (χ3v) is 2.72. The molecule has 6 nitrogen and oxygen atoms in total. The topological polar surface area (TPSA) is 110 Å². The number of nitrogens with two attached hydrogens (primary N) is 1. The van der Waals surface area contributed by atoms with E-state index < -0.39 is 5.91 Å². The lowest BCUT2D eigenvalue weighted by atomic mass is 10.1. The van der Waals surface area contributed by atoms with Gasteiger partial charge in [-0.25, -0.2) is 0 Å². The summed E-state index contributed by atoms with van der Waals surface area (Å²) in [4.78, 5) is 10.5. The third kappa shape index (κ3) is 3.52. The number of quaternary nitrogens is 1. The SMILES string of the molecule is CC(C)[C@H]([NH3+])c1nnc(SCC(N)=O)o1. The summed E-state index contributed by atoms with van der Waals surface area (Å²) in [6, 6.07) is -0.0274. The van der Waals surface area contributed by atoms with Gasteiger partial charge < -0.3 is 15.9 Å². The standard InChI is InChI=1S/C8H14N4O2S/c1-4(2)6(10)7-11-12-8(14-7)15-3-5(9)13/h4,6H,3,10H2,1-2H3,(H2,9,13)/p+1/t6-/m0/s1. The van der Waals surface area contributed by atoms with Gasteiger partial charge in [-0.2, -0.15) is 0 Å². The number of carbonyl (C=O) groups excluding carboxylic acids is 1. The highest BCUT2D eigenvalue weighted by atomic mass is 32.2. The molecule has 0 radical (unpaired) electrons. The smallest absolute Gasteiger partial charge is 0.277 e. The van der Waals surface area contributed by atoms with Crippen LogP contribution in [-0.2, 0) is 4.79 Å². The molecule has 0 saturated heterocycles. The molecule has 0 aromatic carbocycles. The van der Waals surface area contributed by atoms with E-state index in [-0.39, 0.29) is 11.8 Å². The molecule has 84 valence electrons. The van der Waals surface area contributed by atoms with E-state index in [9.17, 15) is 4.79 Å². The van der Waals surface area contributed by atoms with Crippen LogP contribution in [0.4, 0.5) is 0 Å². The van der Waals surface area contributed by atoms with Crippen LogP contribution in [0.5, 0.6) is 0 Å². The second-order valence-electron chi connectivity index (χ2n) is 3.51. The zero-order valence-corrected chi connectivity index (χ0v) is 9.58. The van der Waals surface area contributed by atoms with Crippen LogP contribution in [-0.4, -0.2) is 21.9 Å². The third-order valence-electron chi connectivity index (χ3n) is 1.88. The van der Waals surface area contributed by atoms with Crippen molar-refractivity contribution in [2.45, 2.75) is 25.1 Å². The maximum atomic E-state index is 10.5. The quantitative estimate of drug-likeness (QED) is 0.669. The molecule has 0 unspecified atom stereocenters. The van der Waals surface area contributed by atoms with Crippen molar-refractivity contribution < 1.29 is 14.9 Å². The van der Waals surface area contributed by atoms with Gasteiger partial charge in [-0.05, 0) is 0 Å². The molecule has 1 aromatic heterocycles. The van der Waals surface area contributed by atoms with E-state index in [0.29, 0.717) is 17.0 Å². The molecule has 0 aliphatic heterocycles. The minimum Gasteiger partial charge on any atom is -0.410 e. The summed E-state index contributed by atoms with van der Waals surface area (Å²) in [7, 11) is 0. The predicted molar refractivity (Wildman–Crippen MR) is 54.7 cm³/mol. The number of primary amides is 1. The Bertz CT molecular complexity index is 339. The average molecular weight is 231 g/mol. The van der Waals surface area contributed by atoms with E-state index in [2.05, 4.69) is 15.9 Å². The number of thioether (sulfide) groups is 1. The number of hydrogen-bond donors (Lipinski definition) is 2. The highest BCUT2D eigenvalue weighted by molar-refractivity contribution is 7.99. The van der Waals surface area contributed by atoms with E-state index in [0.717, 1.165) is 11.8 Å². The van der Waals surface area contributed by atoms with Gasteiger partial charge in [0.05, 0.1) is 5.75 Å². The predicted octanol–water partition coefficient (Wildman–Crippen LogP) is -0.414.